The molecule has 0 aliphatic heterocycles. The van der Waals surface area contributed by atoms with Gasteiger partial charge in [0.1, 0.15) is 0 Å². The first kappa shape index (κ1) is 10.7. The number of allylic oxidation sites excluding steroid dienone is 2. The third-order valence-corrected chi connectivity index (χ3v) is 2.15. The van der Waals surface area contributed by atoms with Crippen molar-refractivity contribution in [3.05, 3.63) is 12.2 Å². The number of hydrogen-bond donors (Lipinski definition) is 0. The van der Waals surface area contributed by atoms with Crippen LogP contribution in [0.1, 0.15) is 47.5 Å². The number of hydrogen-bond acceptors (Lipinski definition) is 0. The van der Waals surface area contributed by atoms with Crippen molar-refractivity contribution in [1.29, 1.82) is 0 Å². The average Bonchev–Trinajstić information content (AvgIpc) is 1.87. The fraction of sp³-hybridized carbons (Fsp3) is 0.818. The lowest BCUT2D eigenvalue weighted by atomic mass is 9.86. The summed E-state index contributed by atoms with van der Waals surface area (Å²) in [6.45, 7) is 11.3. The summed E-state index contributed by atoms with van der Waals surface area (Å²) in [7, 11) is 0. The summed E-state index contributed by atoms with van der Waals surface area (Å²) >= 11 is 0. The second-order valence-corrected chi connectivity index (χ2v) is 4.39. The van der Waals surface area contributed by atoms with Crippen LogP contribution < -0.4 is 0 Å². The minimum Gasteiger partial charge on any atom is -0.0877 e. The molecule has 0 N–H and O–H groups in total. The molecule has 0 spiro atoms. The van der Waals surface area contributed by atoms with E-state index in [0.29, 0.717) is 11.3 Å². The Kier molecular flexibility index (Phi) is 4.48. The van der Waals surface area contributed by atoms with Crippen molar-refractivity contribution < 1.29 is 0 Å². The summed E-state index contributed by atoms with van der Waals surface area (Å²) in [6, 6.07) is 0. The molecule has 11 heavy (non-hydrogen) atoms. The van der Waals surface area contributed by atoms with Crippen LogP contribution in [0.3, 0.4) is 0 Å². The summed E-state index contributed by atoms with van der Waals surface area (Å²) in [5.74, 6) is 0.697. The minimum absolute atomic E-state index is 0.491. The van der Waals surface area contributed by atoms with Gasteiger partial charge in [0.15, 0.2) is 0 Å². The maximum Gasteiger partial charge on any atom is -0.0290 e. The quantitative estimate of drug-likeness (QED) is 0.536. The van der Waals surface area contributed by atoms with Gasteiger partial charge in [0.05, 0.1) is 0 Å². The Morgan fingerprint density at radius 2 is 1.82 bits per heavy atom. The van der Waals surface area contributed by atoms with Crippen molar-refractivity contribution in [1.82, 2.24) is 0 Å². The van der Waals surface area contributed by atoms with Gasteiger partial charge < -0.3 is 0 Å². The van der Waals surface area contributed by atoms with E-state index in [9.17, 15) is 0 Å². The van der Waals surface area contributed by atoms with Gasteiger partial charge in [0, 0.05) is 0 Å². The molecule has 0 heteroatoms. The van der Waals surface area contributed by atoms with Crippen LogP contribution in [0.5, 0.6) is 0 Å². The third-order valence-electron chi connectivity index (χ3n) is 2.15. The number of rotatable bonds is 4. The highest BCUT2D eigenvalue weighted by Crippen LogP contribution is 2.24. The van der Waals surface area contributed by atoms with Crippen LogP contribution in [0.2, 0.25) is 0 Å². The normalized spacial score (nSPS) is 13.3. The van der Waals surface area contributed by atoms with E-state index in [0.717, 1.165) is 0 Å². The second kappa shape index (κ2) is 4.58. The molecule has 0 atom stereocenters. The SMILES string of the molecule is CCC(C)(C)CC=CC(C)C. The molecule has 0 saturated heterocycles. The Balaban J connectivity index is 3.69. The minimum atomic E-state index is 0.491. The van der Waals surface area contributed by atoms with E-state index in [-0.39, 0.29) is 0 Å². The van der Waals surface area contributed by atoms with Gasteiger partial charge in [-0.25, -0.2) is 0 Å². The molecule has 0 aromatic rings. The van der Waals surface area contributed by atoms with Crippen LogP contribution in [-0.4, -0.2) is 0 Å². The molecular weight excluding hydrogens is 132 g/mol. The summed E-state index contributed by atoms with van der Waals surface area (Å²) in [5, 5.41) is 0. The monoisotopic (exact) mass is 154 g/mol. The molecule has 0 saturated carbocycles. The maximum atomic E-state index is 2.32. The third kappa shape index (κ3) is 6.15. The molecule has 0 amide bonds. The summed E-state index contributed by atoms with van der Waals surface area (Å²) in [4.78, 5) is 0. The van der Waals surface area contributed by atoms with Crippen LogP contribution in [0, 0.1) is 11.3 Å². The molecule has 0 aliphatic rings. The zero-order valence-corrected chi connectivity index (χ0v) is 8.65. The van der Waals surface area contributed by atoms with E-state index in [1.807, 2.05) is 0 Å². The van der Waals surface area contributed by atoms with Gasteiger partial charge in [-0.3, -0.25) is 0 Å². The lowest BCUT2D eigenvalue weighted by molar-refractivity contribution is 0.356. The van der Waals surface area contributed by atoms with Gasteiger partial charge in [-0.2, -0.15) is 0 Å². The van der Waals surface area contributed by atoms with Crippen molar-refractivity contribution >= 4 is 0 Å². The largest absolute Gasteiger partial charge is 0.0877 e. The molecule has 0 nitrogen and oxygen atoms in total. The standard InChI is InChI=1S/C11H22/c1-6-11(4,5)9-7-8-10(2)3/h7-8,10H,6,9H2,1-5H3. The maximum absolute atomic E-state index is 2.32. The van der Waals surface area contributed by atoms with Crippen molar-refractivity contribution in [2.45, 2.75) is 47.5 Å². The Labute approximate surface area is 71.7 Å². The fourth-order valence-electron chi connectivity index (χ4n) is 0.804. The lowest BCUT2D eigenvalue weighted by Gasteiger charge is -2.19. The van der Waals surface area contributed by atoms with Crippen LogP contribution in [0.4, 0.5) is 0 Å². The Hall–Kier alpha value is -0.260. The first-order valence-electron chi connectivity index (χ1n) is 4.64. The topological polar surface area (TPSA) is 0 Å². The average molecular weight is 154 g/mol. The Morgan fingerprint density at radius 1 is 1.27 bits per heavy atom. The molecular formula is C11H22. The van der Waals surface area contributed by atoms with Crippen molar-refractivity contribution in [2.24, 2.45) is 11.3 Å². The lowest BCUT2D eigenvalue weighted by Crippen LogP contribution is -2.07. The van der Waals surface area contributed by atoms with Gasteiger partial charge in [-0.15, -0.1) is 0 Å². The van der Waals surface area contributed by atoms with E-state index < -0.39 is 0 Å². The Bertz CT molecular complexity index is 118. The first-order valence-corrected chi connectivity index (χ1v) is 4.64. The van der Waals surface area contributed by atoms with E-state index >= 15 is 0 Å². The van der Waals surface area contributed by atoms with Gasteiger partial charge in [0.25, 0.3) is 0 Å². The second-order valence-electron chi connectivity index (χ2n) is 4.39. The van der Waals surface area contributed by atoms with Gasteiger partial charge >= 0.3 is 0 Å². The van der Waals surface area contributed by atoms with Crippen LogP contribution in [0.15, 0.2) is 12.2 Å². The van der Waals surface area contributed by atoms with E-state index in [1.54, 1.807) is 0 Å². The smallest absolute Gasteiger partial charge is 0.0290 e. The zero-order chi connectivity index (χ0) is 8.91. The van der Waals surface area contributed by atoms with Crippen molar-refractivity contribution in [3.63, 3.8) is 0 Å². The van der Waals surface area contributed by atoms with Crippen LogP contribution in [0.25, 0.3) is 0 Å². The van der Waals surface area contributed by atoms with Gasteiger partial charge in [0.2, 0.25) is 0 Å². The fourth-order valence-corrected chi connectivity index (χ4v) is 0.804. The Morgan fingerprint density at radius 3 is 2.18 bits per heavy atom. The molecule has 0 unspecified atom stereocenters. The predicted octanol–water partition coefficient (Wildman–Crippen LogP) is 4.02. The predicted molar refractivity (Wildman–Crippen MR) is 52.7 cm³/mol. The molecule has 0 aliphatic carbocycles. The molecule has 0 radical (unpaired) electrons. The van der Waals surface area contributed by atoms with E-state index in [2.05, 4.69) is 46.8 Å². The highest BCUT2D eigenvalue weighted by atomic mass is 14.2. The molecule has 0 heterocycles. The van der Waals surface area contributed by atoms with Gasteiger partial charge in [-0.1, -0.05) is 53.2 Å². The van der Waals surface area contributed by atoms with Crippen LogP contribution >= 0.6 is 0 Å². The summed E-state index contributed by atoms with van der Waals surface area (Å²) in [5.41, 5.74) is 0.491. The molecule has 0 rings (SSSR count). The van der Waals surface area contributed by atoms with Gasteiger partial charge in [-0.05, 0) is 17.8 Å². The zero-order valence-electron chi connectivity index (χ0n) is 8.65. The van der Waals surface area contributed by atoms with E-state index in [1.165, 1.54) is 12.8 Å². The molecule has 0 bridgehead atoms. The first-order chi connectivity index (χ1) is 4.98. The van der Waals surface area contributed by atoms with Crippen molar-refractivity contribution in [2.75, 3.05) is 0 Å². The summed E-state index contributed by atoms with van der Waals surface area (Å²) in [6.07, 6.45) is 7.07. The molecule has 66 valence electrons. The van der Waals surface area contributed by atoms with Crippen LogP contribution in [-0.2, 0) is 0 Å². The highest BCUT2D eigenvalue weighted by molar-refractivity contribution is 4.88. The molecule has 0 fully saturated rings. The highest BCUT2D eigenvalue weighted by Gasteiger charge is 2.11. The summed E-state index contributed by atoms with van der Waals surface area (Å²) < 4.78 is 0. The van der Waals surface area contributed by atoms with Crippen molar-refractivity contribution in [3.8, 4) is 0 Å². The van der Waals surface area contributed by atoms with E-state index in [4.69, 9.17) is 0 Å². The molecule has 0 aromatic carbocycles. The molecule has 0 aromatic heterocycles.